The molecule has 0 spiro atoms. The number of pyridine rings is 1. The Bertz CT molecular complexity index is 1240. The standard InChI is InChI=1S/C26H29N5O.C4H11NO.2H2/c1-27-31-25-13-18(9-12-29-25)20-8-7-19(24-16-28-11-10-21(20)24)15-30-26(32)23-14-22(23)17-5-3-2-4-6-17;1-4(2,3)5-6;;/h2-9,12-13,22-23,27-28H,10-11,14-16H2,1H3,(H,29,31)(H,30,32);5-6H,1-3H3;2*1H/t22-,23?;;;/m0.../s1. The second kappa shape index (κ2) is 12.5. The summed E-state index contributed by atoms with van der Waals surface area (Å²) in [7, 11) is 1.83. The van der Waals surface area contributed by atoms with Gasteiger partial charge in [0.15, 0.2) is 0 Å². The molecule has 1 amide bonds. The smallest absolute Gasteiger partial charge is 0.224 e. The third-order valence-electron chi connectivity index (χ3n) is 6.85. The first kappa shape index (κ1) is 27.7. The van der Waals surface area contributed by atoms with Crippen molar-refractivity contribution in [3.8, 4) is 11.1 Å². The first-order valence-corrected chi connectivity index (χ1v) is 13.3. The Kier molecular flexibility index (Phi) is 9.12. The number of nitrogens with zero attached hydrogens (tertiary/aromatic N) is 1. The lowest BCUT2D eigenvalue weighted by Gasteiger charge is -2.24. The van der Waals surface area contributed by atoms with Gasteiger partial charge in [0.25, 0.3) is 0 Å². The second-order valence-corrected chi connectivity index (χ2v) is 10.9. The van der Waals surface area contributed by atoms with Crippen LogP contribution in [0.4, 0.5) is 5.82 Å². The summed E-state index contributed by atoms with van der Waals surface area (Å²) in [6.07, 6.45) is 3.75. The maximum absolute atomic E-state index is 12.8. The molecule has 5 rings (SSSR count). The van der Waals surface area contributed by atoms with Crippen molar-refractivity contribution in [2.75, 3.05) is 19.0 Å². The van der Waals surface area contributed by atoms with E-state index in [2.05, 4.69) is 68.3 Å². The number of hydroxylamine groups is 1. The highest BCUT2D eigenvalue weighted by Crippen LogP contribution is 2.47. The zero-order valence-corrected chi connectivity index (χ0v) is 22.8. The summed E-state index contributed by atoms with van der Waals surface area (Å²) >= 11 is 0. The number of benzene rings is 2. The van der Waals surface area contributed by atoms with Gasteiger partial charge in [-0.05, 0) is 91.6 Å². The zero-order valence-electron chi connectivity index (χ0n) is 22.8. The van der Waals surface area contributed by atoms with E-state index in [1.165, 1.54) is 27.8 Å². The highest BCUT2D eigenvalue weighted by Gasteiger charge is 2.43. The first-order valence-electron chi connectivity index (χ1n) is 13.3. The van der Waals surface area contributed by atoms with Gasteiger partial charge in [-0.2, -0.15) is 0 Å². The van der Waals surface area contributed by atoms with Gasteiger partial charge in [0.1, 0.15) is 5.82 Å². The summed E-state index contributed by atoms with van der Waals surface area (Å²) in [4.78, 5) is 17.1. The fraction of sp³-hybridized carbons (Fsp3) is 0.400. The molecule has 6 N–H and O–H groups in total. The van der Waals surface area contributed by atoms with Crippen LogP contribution in [-0.4, -0.2) is 35.2 Å². The van der Waals surface area contributed by atoms with Crippen molar-refractivity contribution < 1.29 is 12.9 Å². The van der Waals surface area contributed by atoms with Crippen LogP contribution in [0.1, 0.15) is 58.2 Å². The van der Waals surface area contributed by atoms with Crippen molar-refractivity contribution in [1.29, 1.82) is 0 Å². The molecule has 1 saturated carbocycles. The van der Waals surface area contributed by atoms with Crippen LogP contribution < -0.4 is 27.0 Å². The molecule has 0 radical (unpaired) electrons. The Balaban J connectivity index is 0.000000635. The minimum atomic E-state index is -0.153. The van der Waals surface area contributed by atoms with E-state index >= 15 is 0 Å². The molecule has 206 valence electrons. The van der Waals surface area contributed by atoms with E-state index < -0.39 is 0 Å². The van der Waals surface area contributed by atoms with Gasteiger partial charge in [-0.1, -0.05) is 42.5 Å². The number of carbonyl (C=O) groups is 1. The van der Waals surface area contributed by atoms with Crippen LogP contribution in [0, 0.1) is 5.92 Å². The summed E-state index contributed by atoms with van der Waals surface area (Å²) in [5, 5.41) is 14.8. The number of hydrogen-bond donors (Lipinski definition) is 6. The van der Waals surface area contributed by atoms with Gasteiger partial charge < -0.3 is 21.3 Å². The largest absolute Gasteiger partial charge is 0.352 e. The average Bonchev–Trinajstić information content (AvgIpc) is 3.74. The second-order valence-electron chi connectivity index (χ2n) is 10.9. The third-order valence-corrected chi connectivity index (χ3v) is 6.85. The summed E-state index contributed by atoms with van der Waals surface area (Å²) < 4.78 is 0. The number of anilines is 1. The first-order chi connectivity index (χ1) is 18.3. The Hall–Kier alpha value is -3.30. The molecule has 38 heavy (non-hydrogen) atoms. The summed E-state index contributed by atoms with van der Waals surface area (Å²) in [5.74, 6) is 1.42. The molecule has 8 heteroatoms. The van der Waals surface area contributed by atoms with Gasteiger partial charge in [0, 0.05) is 40.6 Å². The number of nitrogens with one attached hydrogen (secondary N) is 5. The van der Waals surface area contributed by atoms with Crippen LogP contribution in [-0.2, 0) is 24.3 Å². The van der Waals surface area contributed by atoms with Crippen molar-refractivity contribution in [3.63, 3.8) is 0 Å². The van der Waals surface area contributed by atoms with Crippen LogP contribution in [0.5, 0.6) is 0 Å². The number of amides is 1. The summed E-state index contributed by atoms with van der Waals surface area (Å²) in [6.45, 7) is 8.01. The van der Waals surface area contributed by atoms with Crippen LogP contribution in [0.2, 0.25) is 0 Å². The lowest BCUT2D eigenvalue weighted by atomic mass is 9.88. The Labute approximate surface area is 228 Å². The predicted octanol–water partition coefficient (Wildman–Crippen LogP) is 4.62. The molecule has 0 saturated heterocycles. The summed E-state index contributed by atoms with van der Waals surface area (Å²) in [5.41, 5.74) is 15.5. The van der Waals surface area contributed by atoms with Crippen molar-refractivity contribution >= 4 is 11.7 Å². The predicted molar refractivity (Wildman–Crippen MR) is 156 cm³/mol. The highest BCUT2D eigenvalue weighted by atomic mass is 16.5. The number of carbonyl (C=O) groups excluding carboxylic acids is 1. The maximum Gasteiger partial charge on any atom is 0.224 e. The van der Waals surface area contributed by atoms with Gasteiger partial charge in [-0.15, -0.1) is 0 Å². The molecule has 8 nitrogen and oxygen atoms in total. The van der Waals surface area contributed by atoms with Gasteiger partial charge >= 0.3 is 0 Å². The molecule has 2 atom stereocenters. The zero-order chi connectivity index (χ0) is 27.1. The van der Waals surface area contributed by atoms with Crippen LogP contribution in [0.3, 0.4) is 0 Å². The molecule has 1 aliphatic carbocycles. The van der Waals surface area contributed by atoms with E-state index in [1.54, 1.807) is 0 Å². The number of hydrazine groups is 1. The molecule has 2 aromatic carbocycles. The number of fused-ring (bicyclic) bond motifs is 1. The molecule has 1 fully saturated rings. The lowest BCUT2D eigenvalue weighted by molar-refractivity contribution is -0.122. The molecular formula is C30H44N6O2. The molecule has 2 heterocycles. The van der Waals surface area contributed by atoms with E-state index in [-0.39, 0.29) is 20.2 Å². The van der Waals surface area contributed by atoms with Gasteiger partial charge in [0.05, 0.1) is 0 Å². The summed E-state index contributed by atoms with van der Waals surface area (Å²) in [6, 6.07) is 18.8. The lowest BCUT2D eigenvalue weighted by Crippen LogP contribution is -2.32. The molecular weight excluding hydrogens is 476 g/mol. The third kappa shape index (κ3) is 7.17. The molecule has 1 unspecified atom stereocenters. The topological polar surface area (TPSA) is 110 Å². The fourth-order valence-corrected chi connectivity index (χ4v) is 4.77. The molecule has 1 aromatic heterocycles. The average molecular weight is 521 g/mol. The van der Waals surface area contributed by atoms with E-state index in [1.807, 2.05) is 52.2 Å². The quantitative estimate of drug-likeness (QED) is 0.252. The minimum absolute atomic E-state index is 0. The number of aromatic nitrogens is 1. The molecule has 3 aromatic rings. The van der Waals surface area contributed by atoms with E-state index in [9.17, 15) is 4.79 Å². The van der Waals surface area contributed by atoms with Crippen LogP contribution in [0.15, 0.2) is 60.8 Å². The van der Waals surface area contributed by atoms with E-state index in [0.717, 1.165) is 37.3 Å². The minimum Gasteiger partial charge on any atom is -0.352 e. The Morgan fingerprint density at radius 2 is 1.89 bits per heavy atom. The van der Waals surface area contributed by atoms with Crippen LogP contribution >= 0.6 is 0 Å². The van der Waals surface area contributed by atoms with Gasteiger partial charge in [0.2, 0.25) is 5.91 Å². The van der Waals surface area contributed by atoms with Crippen molar-refractivity contribution in [2.24, 2.45) is 5.92 Å². The van der Waals surface area contributed by atoms with Gasteiger partial charge in [-0.3, -0.25) is 4.79 Å². The molecule has 1 aliphatic heterocycles. The van der Waals surface area contributed by atoms with Crippen molar-refractivity contribution in [2.45, 2.75) is 58.2 Å². The Morgan fingerprint density at radius 1 is 1.13 bits per heavy atom. The maximum atomic E-state index is 12.8. The molecule has 0 bridgehead atoms. The van der Waals surface area contributed by atoms with Crippen molar-refractivity contribution in [3.05, 3.63) is 83.0 Å². The molecule has 2 aliphatic rings. The normalized spacial score (nSPS) is 18.0. The van der Waals surface area contributed by atoms with E-state index in [0.29, 0.717) is 12.5 Å². The van der Waals surface area contributed by atoms with E-state index in [4.69, 9.17) is 5.21 Å². The highest BCUT2D eigenvalue weighted by molar-refractivity contribution is 5.83. The SMILES string of the molecule is CC(C)(C)NO.CNNc1cc(-c2ccc(CNC(=O)C3C[C@H]3c3ccccc3)c3c2CCNC3)ccn1.[HH].[HH]. The van der Waals surface area contributed by atoms with Gasteiger partial charge in [-0.25, -0.2) is 15.9 Å². The van der Waals surface area contributed by atoms with Crippen molar-refractivity contribution in [1.82, 2.24) is 26.5 Å². The van der Waals surface area contributed by atoms with Crippen LogP contribution in [0.25, 0.3) is 11.1 Å². The fourth-order valence-electron chi connectivity index (χ4n) is 4.77. The monoisotopic (exact) mass is 520 g/mol. The number of rotatable bonds is 7. The Morgan fingerprint density at radius 3 is 2.61 bits per heavy atom. The number of hydrogen-bond acceptors (Lipinski definition) is 7.